The van der Waals surface area contributed by atoms with E-state index < -0.39 is 0 Å². The zero-order chi connectivity index (χ0) is 21.6. The number of aromatic nitrogens is 3. The smallest absolute Gasteiger partial charge is 0.191 e. The summed E-state index contributed by atoms with van der Waals surface area (Å²) in [6.45, 7) is 7.32. The molecule has 1 unspecified atom stereocenters. The fraction of sp³-hybridized carbons (Fsp3) is 0.591. The highest BCUT2D eigenvalue weighted by Gasteiger charge is 2.24. The molecule has 0 bridgehead atoms. The summed E-state index contributed by atoms with van der Waals surface area (Å²) in [5, 5.41) is 15.5. The Labute approximate surface area is 207 Å². The molecule has 32 heavy (non-hydrogen) atoms. The second-order valence-electron chi connectivity index (χ2n) is 8.07. The first kappa shape index (κ1) is 24.6. The largest absolute Gasteiger partial charge is 0.497 e. The van der Waals surface area contributed by atoms with E-state index in [1.54, 1.807) is 14.2 Å². The highest BCUT2D eigenvalue weighted by Crippen LogP contribution is 2.24. The minimum Gasteiger partial charge on any atom is -0.497 e. The second kappa shape index (κ2) is 11.7. The fourth-order valence-corrected chi connectivity index (χ4v) is 4.30. The Kier molecular flexibility index (Phi) is 8.97. The quantitative estimate of drug-likeness (QED) is 0.294. The summed E-state index contributed by atoms with van der Waals surface area (Å²) >= 11 is 0. The summed E-state index contributed by atoms with van der Waals surface area (Å²) in [5.41, 5.74) is 1.19. The van der Waals surface area contributed by atoms with Gasteiger partial charge >= 0.3 is 0 Å². The van der Waals surface area contributed by atoms with Crippen molar-refractivity contribution in [2.24, 2.45) is 4.99 Å². The van der Waals surface area contributed by atoms with Gasteiger partial charge in [0.15, 0.2) is 11.8 Å². The number of fused-ring (bicyclic) bond motifs is 1. The lowest BCUT2D eigenvalue weighted by Gasteiger charge is -2.19. The van der Waals surface area contributed by atoms with Crippen molar-refractivity contribution in [1.82, 2.24) is 30.3 Å². The first-order valence-corrected chi connectivity index (χ1v) is 11.1. The number of likely N-dealkylation sites (tertiary alicyclic amines) is 1. The van der Waals surface area contributed by atoms with Gasteiger partial charge in [-0.1, -0.05) is 0 Å². The number of methoxy groups -OCH3 is 2. The monoisotopic (exact) mass is 555 g/mol. The Bertz CT molecular complexity index is 895. The van der Waals surface area contributed by atoms with Crippen LogP contribution < -0.4 is 20.1 Å². The molecular weight excluding hydrogens is 521 g/mol. The van der Waals surface area contributed by atoms with Crippen LogP contribution in [0.1, 0.15) is 37.0 Å². The van der Waals surface area contributed by atoms with Crippen LogP contribution >= 0.6 is 24.0 Å². The Morgan fingerprint density at radius 1 is 1.16 bits per heavy atom. The number of hydrogen-bond donors (Lipinski definition) is 2. The van der Waals surface area contributed by atoms with E-state index in [9.17, 15) is 0 Å². The van der Waals surface area contributed by atoms with Crippen molar-refractivity contribution < 1.29 is 9.47 Å². The minimum absolute atomic E-state index is 0. The molecule has 2 aliphatic heterocycles. The highest BCUT2D eigenvalue weighted by molar-refractivity contribution is 14.0. The molecule has 2 N–H and O–H groups in total. The number of nitrogens with zero attached hydrogens (tertiary/aromatic N) is 5. The SMILES string of the molecule is CCNC(=NCc1nnc2n1CCC2)NC1CCN(Cc2cc(OC)cc(OC)c2)C1.I. The van der Waals surface area contributed by atoms with Crippen LogP contribution in [0.5, 0.6) is 11.5 Å². The summed E-state index contributed by atoms with van der Waals surface area (Å²) < 4.78 is 13.0. The third-order valence-corrected chi connectivity index (χ3v) is 5.84. The molecule has 2 aliphatic rings. The molecule has 1 saturated heterocycles. The number of nitrogens with one attached hydrogen (secondary N) is 2. The molecule has 1 aromatic carbocycles. The average Bonchev–Trinajstić information content (AvgIpc) is 3.50. The lowest BCUT2D eigenvalue weighted by atomic mass is 10.2. The van der Waals surface area contributed by atoms with Gasteiger partial charge in [-0.3, -0.25) is 4.90 Å². The molecule has 3 heterocycles. The Morgan fingerprint density at radius 2 is 1.94 bits per heavy atom. The van der Waals surface area contributed by atoms with E-state index in [1.807, 2.05) is 6.07 Å². The molecule has 9 nitrogen and oxygen atoms in total. The summed E-state index contributed by atoms with van der Waals surface area (Å²) in [6.07, 6.45) is 3.24. The van der Waals surface area contributed by atoms with Crippen molar-refractivity contribution in [1.29, 1.82) is 0 Å². The molecule has 0 saturated carbocycles. The fourth-order valence-electron chi connectivity index (χ4n) is 4.30. The topological polar surface area (TPSA) is 88.8 Å². The highest BCUT2D eigenvalue weighted by atomic mass is 127. The summed E-state index contributed by atoms with van der Waals surface area (Å²) in [6, 6.07) is 6.41. The lowest BCUT2D eigenvalue weighted by Crippen LogP contribution is -2.44. The Morgan fingerprint density at radius 3 is 2.66 bits per heavy atom. The van der Waals surface area contributed by atoms with Crippen LogP contribution in [-0.2, 0) is 26.1 Å². The number of benzene rings is 1. The van der Waals surface area contributed by atoms with Gasteiger partial charge in [0.1, 0.15) is 23.9 Å². The number of aliphatic imine (C=N–C) groups is 1. The Hall–Kier alpha value is -2.08. The predicted molar refractivity (Wildman–Crippen MR) is 135 cm³/mol. The third-order valence-electron chi connectivity index (χ3n) is 5.84. The zero-order valence-corrected chi connectivity index (χ0v) is 21.5. The zero-order valence-electron chi connectivity index (χ0n) is 19.1. The van der Waals surface area contributed by atoms with E-state index in [4.69, 9.17) is 14.5 Å². The van der Waals surface area contributed by atoms with E-state index in [2.05, 4.69) is 49.4 Å². The molecule has 2 aromatic rings. The van der Waals surface area contributed by atoms with Crippen LogP contribution in [-0.4, -0.2) is 65.5 Å². The van der Waals surface area contributed by atoms with Crippen molar-refractivity contribution in [2.75, 3.05) is 33.9 Å². The molecule has 0 spiro atoms. The Balaban J connectivity index is 0.00000289. The molecule has 0 radical (unpaired) electrons. The van der Waals surface area contributed by atoms with Crippen LogP contribution in [0.25, 0.3) is 0 Å². The van der Waals surface area contributed by atoms with E-state index in [1.165, 1.54) is 5.56 Å². The van der Waals surface area contributed by atoms with Crippen LogP contribution in [0.2, 0.25) is 0 Å². The maximum Gasteiger partial charge on any atom is 0.191 e. The van der Waals surface area contributed by atoms with Crippen LogP contribution in [0, 0.1) is 0 Å². The molecule has 1 aromatic heterocycles. The van der Waals surface area contributed by atoms with E-state index in [-0.39, 0.29) is 24.0 Å². The van der Waals surface area contributed by atoms with Gasteiger partial charge in [-0.05, 0) is 37.5 Å². The minimum atomic E-state index is 0. The van der Waals surface area contributed by atoms with Gasteiger partial charge in [-0.25, -0.2) is 4.99 Å². The van der Waals surface area contributed by atoms with Crippen molar-refractivity contribution in [3.8, 4) is 11.5 Å². The van der Waals surface area contributed by atoms with E-state index in [0.29, 0.717) is 12.6 Å². The predicted octanol–water partition coefficient (Wildman–Crippen LogP) is 2.19. The number of ether oxygens (including phenoxy) is 2. The third kappa shape index (κ3) is 6.03. The van der Waals surface area contributed by atoms with Crippen molar-refractivity contribution >= 4 is 29.9 Å². The van der Waals surface area contributed by atoms with Crippen LogP contribution in [0.15, 0.2) is 23.2 Å². The number of rotatable bonds is 8. The van der Waals surface area contributed by atoms with Gasteiger partial charge in [0, 0.05) is 51.3 Å². The molecule has 1 fully saturated rings. The van der Waals surface area contributed by atoms with Crippen LogP contribution in [0.3, 0.4) is 0 Å². The lowest BCUT2D eigenvalue weighted by molar-refractivity contribution is 0.321. The summed E-state index contributed by atoms with van der Waals surface area (Å²) in [4.78, 5) is 7.22. The molecule has 0 amide bonds. The number of halogens is 1. The summed E-state index contributed by atoms with van der Waals surface area (Å²) in [5.74, 6) is 4.52. The van der Waals surface area contributed by atoms with Crippen molar-refractivity contribution in [3.63, 3.8) is 0 Å². The van der Waals surface area contributed by atoms with Gasteiger partial charge in [0.2, 0.25) is 0 Å². The molecule has 176 valence electrons. The molecule has 4 rings (SSSR count). The van der Waals surface area contributed by atoms with Gasteiger partial charge < -0.3 is 24.7 Å². The van der Waals surface area contributed by atoms with E-state index >= 15 is 0 Å². The van der Waals surface area contributed by atoms with Crippen molar-refractivity contribution in [3.05, 3.63) is 35.4 Å². The van der Waals surface area contributed by atoms with Gasteiger partial charge in [-0.15, -0.1) is 34.2 Å². The normalized spacial score (nSPS) is 18.2. The first-order valence-electron chi connectivity index (χ1n) is 11.1. The average molecular weight is 555 g/mol. The van der Waals surface area contributed by atoms with E-state index in [0.717, 1.165) is 81.1 Å². The summed E-state index contributed by atoms with van der Waals surface area (Å²) in [7, 11) is 3.37. The number of aryl methyl sites for hydroxylation is 1. The number of hydrogen-bond acceptors (Lipinski definition) is 6. The second-order valence-corrected chi connectivity index (χ2v) is 8.07. The maximum atomic E-state index is 5.40. The number of guanidine groups is 1. The van der Waals surface area contributed by atoms with Gasteiger partial charge in [0.25, 0.3) is 0 Å². The van der Waals surface area contributed by atoms with Crippen LogP contribution in [0.4, 0.5) is 0 Å². The standard InChI is InChI=1S/C22H33N7O2.HI/c1-4-23-22(24-13-21-27-26-20-6-5-8-29(20)21)25-17-7-9-28(15-17)14-16-10-18(30-2)12-19(11-16)31-3;/h10-12,17H,4-9,13-15H2,1-3H3,(H2,23,24,25);1H. The molecule has 0 aliphatic carbocycles. The first-order chi connectivity index (χ1) is 15.2. The molecule has 1 atom stereocenters. The van der Waals surface area contributed by atoms with Gasteiger partial charge in [-0.2, -0.15) is 0 Å². The van der Waals surface area contributed by atoms with Crippen molar-refractivity contribution in [2.45, 2.75) is 51.9 Å². The molecular formula is C22H34IN7O2. The molecule has 10 heteroatoms. The maximum absolute atomic E-state index is 5.40. The van der Waals surface area contributed by atoms with Gasteiger partial charge in [0.05, 0.1) is 14.2 Å².